The van der Waals surface area contributed by atoms with Gasteiger partial charge in [0.05, 0.1) is 6.04 Å². The summed E-state index contributed by atoms with van der Waals surface area (Å²) < 4.78 is 2.11. The van der Waals surface area contributed by atoms with Crippen molar-refractivity contribution in [2.75, 3.05) is 5.32 Å². The van der Waals surface area contributed by atoms with Gasteiger partial charge in [-0.1, -0.05) is 19.1 Å². The molecule has 136 valence electrons. The molecule has 26 heavy (non-hydrogen) atoms. The summed E-state index contributed by atoms with van der Waals surface area (Å²) in [6.07, 6.45) is 5.06. The number of hydrogen-bond acceptors (Lipinski definition) is 2. The second-order valence-corrected chi connectivity index (χ2v) is 7.67. The van der Waals surface area contributed by atoms with Crippen LogP contribution in [-0.4, -0.2) is 10.6 Å². The highest BCUT2D eigenvalue weighted by molar-refractivity contribution is 7.14. The Balaban J connectivity index is 1.75. The number of rotatable bonds is 5. The Morgan fingerprint density at radius 3 is 2.42 bits per heavy atom. The summed E-state index contributed by atoms with van der Waals surface area (Å²) in [5.74, 6) is 0. The van der Waals surface area contributed by atoms with E-state index in [9.17, 15) is 4.79 Å². The zero-order valence-corrected chi connectivity index (χ0v) is 16.5. The molecule has 0 aliphatic rings. The Morgan fingerprint density at radius 2 is 1.81 bits per heavy atom. The fourth-order valence-electron chi connectivity index (χ4n) is 3.06. The van der Waals surface area contributed by atoms with E-state index in [1.807, 2.05) is 55.7 Å². The smallest absolute Gasteiger partial charge is 0.319 e. The van der Waals surface area contributed by atoms with Crippen molar-refractivity contribution < 1.29 is 4.79 Å². The van der Waals surface area contributed by atoms with Crippen molar-refractivity contribution in [3.05, 3.63) is 70.4 Å². The molecule has 1 unspecified atom stereocenters. The minimum Gasteiger partial charge on any atom is -0.331 e. The van der Waals surface area contributed by atoms with Crippen LogP contribution in [0.2, 0.25) is 0 Å². The summed E-state index contributed by atoms with van der Waals surface area (Å²) >= 11 is 1.75. The monoisotopic (exact) mass is 367 g/mol. The summed E-state index contributed by atoms with van der Waals surface area (Å²) in [4.78, 5) is 13.7. The van der Waals surface area contributed by atoms with Crippen LogP contribution in [0.3, 0.4) is 0 Å². The number of hydrogen-bond donors (Lipinski definition) is 2. The predicted molar refractivity (Wildman–Crippen MR) is 110 cm³/mol. The van der Waals surface area contributed by atoms with E-state index in [0.29, 0.717) is 0 Å². The molecule has 0 fully saturated rings. The van der Waals surface area contributed by atoms with Gasteiger partial charge in [-0.05, 0) is 62.6 Å². The molecule has 3 aromatic rings. The summed E-state index contributed by atoms with van der Waals surface area (Å²) in [5, 5.41) is 7.15. The topological polar surface area (TPSA) is 46.1 Å². The molecule has 0 saturated heterocycles. The molecule has 1 aromatic carbocycles. The number of benzene rings is 1. The van der Waals surface area contributed by atoms with Crippen molar-refractivity contribution in [3.8, 4) is 5.00 Å². The van der Waals surface area contributed by atoms with Gasteiger partial charge < -0.3 is 15.2 Å². The molecule has 3 rings (SSSR count). The van der Waals surface area contributed by atoms with Crippen molar-refractivity contribution >= 4 is 23.1 Å². The Morgan fingerprint density at radius 1 is 1.15 bits per heavy atom. The fraction of sp³-hybridized carbons (Fsp3) is 0.286. The van der Waals surface area contributed by atoms with E-state index in [-0.39, 0.29) is 12.1 Å². The van der Waals surface area contributed by atoms with Gasteiger partial charge in [0.1, 0.15) is 5.00 Å². The number of carbonyl (C=O) groups excluding carboxylic acids is 1. The van der Waals surface area contributed by atoms with Crippen molar-refractivity contribution in [1.29, 1.82) is 0 Å². The number of anilines is 1. The van der Waals surface area contributed by atoms with Crippen molar-refractivity contribution in [3.63, 3.8) is 0 Å². The third-order valence-corrected chi connectivity index (χ3v) is 5.89. The Hall–Kier alpha value is -2.53. The Labute approximate surface area is 158 Å². The van der Waals surface area contributed by atoms with Gasteiger partial charge >= 0.3 is 6.03 Å². The molecule has 2 aromatic heterocycles. The van der Waals surface area contributed by atoms with E-state index in [2.05, 4.69) is 36.0 Å². The molecule has 2 amide bonds. The van der Waals surface area contributed by atoms with Crippen molar-refractivity contribution in [2.24, 2.45) is 0 Å². The summed E-state index contributed by atoms with van der Waals surface area (Å²) in [6.45, 7) is 8.39. The Kier molecular flexibility index (Phi) is 5.47. The van der Waals surface area contributed by atoms with E-state index >= 15 is 0 Å². The second-order valence-electron chi connectivity index (χ2n) is 6.46. The Bertz CT molecular complexity index is 879. The van der Waals surface area contributed by atoms with Crippen LogP contribution >= 0.6 is 11.3 Å². The van der Waals surface area contributed by atoms with Gasteiger partial charge in [-0.3, -0.25) is 0 Å². The molecule has 0 radical (unpaired) electrons. The van der Waals surface area contributed by atoms with Crippen LogP contribution in [0.15, 0.2) is 48.8 Å². The molecule has 4 nitrogen and oxygen atoms in total. The summed E-state index contributed by atoms with van der Waals surface area (Å²) in [7, 11) is 0. The van der Waals surface area contributed by atoms with Gasteiger partial charge in [-0.25, -0.2) is 4.79 Å². The lowest BCUT2D eigenvalue weighted by atomic mass is 10.1. The largest absolute Gasteiger partial charge is 0.331 e. The second kappa shape index (κ2) is 7.79. The van der Waals surface area contributed by atoms with Crippen LogP contribution in [0.5, 0.6) is 0 Å². The number of aryl methyl sites for hydroxylation is 2. The van der Waals surface area contributed by atoms with Crippen LogP contribution in [-0.2, 0) is 6.42 Å². The number of nitrogens with zero attached hydrogens (tertiary/aromatic N) is 1. The molecule has 0 aliphatic heterocycles. The molecule has 0 bridgehead atoms. The van der Waals surface area contributed by atoms with Gasteiger partial charge in [0, 0.05) is 28.5 Å². The standard InChI is InChI=1S/C21H25N3OS/c1-5-17-8-10-18(11-9-17)23-21(25)22-15(3)19-14(2)16(4)26-20(19)24-12-6-7-13-24/h6-13,15H,5H2,1-4H3,(H2,22,23,25). The van der Waals surface area contributed by atoms with Gasteiger partial charge in [-0.15, -0.1) is 11.3 Å². The molecule has 0 spiro atoms. The maximum absolute atomic E-state index is 12.4. The number of carbonyl (C=O) groups is 1. The lowest BCUT2D eigenvalue weighted by Crippen LogP contribution is -2.31. The number of urea groups is 1. The number of thiophene rings is 1. The van der Waals surface area contributed by atoms with E-state index in [4.69, 9.17) is 0 Å². The average molecular weight is 368 g/mol. The van der Waals surface area contributed by atoms with E-state index in [0.717, 1.165) is 17.1 Å². The zero-order valence-electron chi connectivity index (χ0n) is 15.7. The molecular weight excluding hydrogens is 342 g/mol. The van der Waals surface area contributed by atoms with E-state index in [1.54, 1.807) is 11.3 Å². The number of aromatic nitrogens is 1. The molecule has 0 saturated carbocycles. The minimum atomic E-state index is -0.191. The van der Waals surface area contributed by atoms with Gasteiger partial charge in [0.15, 0.2) is 0 Å². The quantitative estimate of drug-likeness (QED) is 0.606. The van der Waals surface area contributed by atoms with Crippen LogP contribution in [0.4, 0.5) is 10.5 Å². The first-order valence-electron chi connectivity index (χ1n) is 8.89. The van der Waals surface area contributed by atoms with Gasteiger partial charge in [-0.2, -0.15) is 0 Å². The summed E-state index contributed by atoms with van der Waals surface area (Å²) in [5.41, 5.74) is 4.46. The highest BCUT2D eigenvalue weighted by Gasteiger charge is 2.20. The van der Waals surface area contributed by atoms with Crippen molar-refractivity contribution in [1.82, 2.24) is 9.88 Å². The first kappa shape index (κ1) is 18.3. The SMILES string of the molecule is CCc1ccc(NC(=O)NC(C)c2c(-n3cccc3)sc(C)c2C)cc1. The molecule has 2 heterocycles. The molecule has 1 atom stereocenters. The number of amides is 2. The maximum atomic E-state index is 12.4. The third kappa shape index (κ3) is 3.83. The maximum Gasteiger partial charge on any atom is 0.319 e. The van der Waals surface area contributed by atoms with E-state index in [1.165, 1.54) is 21.6 Å². The zero-order chi connectivity index (χ0) is 18.7. The highest BCUT2D eigenvalue weighted by Crippen LogP contribution is 2.35. The van der Waals surface area contributed by atoms with Gasteiger partial charge in [0.25, 0.3) is 0 Å². The normalized spacial score (nSPS) is 12.0. The summed E-state index contributed by atoms with van der Waals surface area (Å²) in [6, 6.07) is 11.7. The molecule has 0 aliphatic carbocycles. The minimum absolute atomic E-state index is 0.0905. The average Bonchev–Trinajstić information content (AvgIpc) is 3.24. The lowest BCUT2D eigenvalue weighted by molar-refractivity contribution is 0.249. The molecule has 5 heteroatoms. The van der Waals surface area contributed by atoms with Crippen LogP contribution in [0, 0.1) is 13.8 Å². The highest BCUT2D eigenvalue weighted by atomic mass is 32.1. The third-order valence-electron chi connectivity index (χ3n) is 4.65. The lowest BCUT2D eigenvalue weighted by Gasteiger charge is -2.17. The van der Waals surface area contributed by atoms with Crippen LogP contribution in [0.25, 0.3) is 5.00 Å². The first-order valence-corrected chi connectivity index (χ1v) is 9.71. The number of nitrogens with one attached hydrogen (secondary N) is 2. The molecule has 2 N–H and O–H groups in total. The van der Waals surface area contributed by atoms with Crippen LogP contribution in [0.1, 0.15) is 41.5 Å². The fourth-order valence-corrected chi connectivity index (χ4v) is 4.28. The predicted octanol–water partition coefficient (Wildman–Crippen LogP) is 5.60. The van der Waals surface area contributed by atoms with E-state index < -0.39 is 0 Å². The first-order chi connectivity index (χ1) is 12.5. The molecular formula is C21H25N3OS. The van der Waals surface area contributed by atoms with Crippen molar-refractivity contribution in [2.45, 2.75) is 40.2 Å². The van der Waals surface area contributed by atoms with Crippen LogP contribution < -0.4 is 10.6 Å². The van der Waals surface area contributed by atoms with Gasteiger partial charge in [0.2, 0.25) is 0 Å².